The van der Waals surface area contributed by atoms with Crippen LogP contribution in [0, 0.1) is 0 Å². The molecular formula is C12H16N2O. The van der Waals surface area contributed by atoms with E-state index in [0.29, 0.717) is 6.54 Å². The third-order valence-electron chi connectivity index (χ3n) is 2.83. The maximum atomic E-state index is 10.4. The van der Waals surface area contributed by atoms with Crippen LogP contribution in [-0.2, 0) is 4.79 Å². The molecule has 0 spiro atoms. The summed E-state index contributed by atoms with van der Waals surface area (Å²) >= 11 is 0. The molecule has 0 aliphatic carbocycles. The fourth-order valence-electron chi connectivity index (χ4n) is 1.93. The summed E-state index contributed by atoms with van der Waals surface area (Å²) in [5.41, 5.74) is 1.28. The van der Waals surface area contributed by atoms with E-state index in [0.717, 1.165) is 32.5 Å². The number of rotatable bonds is 3. The van der Waals surface area contributed by atoms with E-state index in [1.54, 1.807) is 0 Å². The number of benzene rings is 1. The topological polar surface area (TPSA) is 23.6 Å². The zero-order valence-electron chi connectivity index (χ0n) is 8.80. The van der Waals surface area contributed by atoms with Gasteiger partial charge in [-0.1, -0.05) is 18.2 Å². The van der Waals surface area contributed by atoms with Crippen LogP contribution in [0.15, 0.2) is 30.3 Å². The zero-order chi connectivity index (χ0) is 10.5. The van der Waals surface area contributed by atoms with Crippen LogP contribution < -0.4 is 4.90 Å². The molecule has 1 heterocycles. The number of anilines is 1. The maximum Gasteiger partial charge on any atom is 0.133 e. The van der Waals surface area contributed by atoms with Crippen LogP contribution in [0.2, 0.25) is 0 Å². The summed E-state index contributed by atoms with van der Waals surface area (Å²) in [6, 6.07) is 10.4. The van der Waals surface area contributed by atoms with Gasteiger partial charge < -0.3 is 9.69 Å². The summed E-state index contributed by atoms with van der Waals surface area (Å²) in [5, 5.41) is 0. The third-order valence-corrected chi connectivity index (χ3v) is 2.83. The van der Waals surface area contributed by atoms with Gasteiger partial charge in [0, 0.05) is 31.9 Å². The summed E-state index contributed by atoms with van der Waals surface area (Å²) < 4.78 is 0. The van der Waals surface area contributed by atoms with Crippen molar-refractivity contribution >= 4 is 12.0 Å². The Kier molecular flexibility index (Phi) is 3.35. The molecule has 1 saturated heterocycles. The molecule has 1 aromatic rings. The number of aldehydes is 1. The van der Waals surface area contributed by atoms with Crippen molar-refractivity contribution in [2.75, 3.05) is 37.6 Å². The second kappa shape index (κ2) is 4.94. The molecule has 0 bridgehead atoms. The molecule has 0 amide bonds. The molecule has 0 N–H and O–H groups in total. The van der Waals surface area contributed by atoms with Gasteiger partial charge in [0.05, 0.1) is 6.54 Å². The lowest BCUT2D eigenvalue weighted by Gasteiger charge is -2.35. The third kappa shape index (κ3) is 2.57. The average molecular weight is 204 g/mol. The highest BCUT2D eigenvalue weighted by molar-refractivity contribution is 5.52. The van der Waals surface area contributed by atoms with Gasteiger partial charge in [0.15, 0.2) is 0 Å². The van der Waals surface area contributed by atoms with Crippen molar-refractivity contribution in [3.05, 3.63) is 30.3 Å². The molecule has 0 radical (unpaired) electrons. The minimum Gasteiger partial charge on any atom is -0.369 e. The van der Waals surface area contributed by atoms with Crippen LogP contribution >= 0.6 is 0 Å². The Balaban J connectivity index is 1.91. The van der Waals surface area contributed by atoms with Gasteiger partial charge in [0.2, 0.25) is 0 Å². The Labute approximate surface area is 90.3 Å². The molecule has 1 aliphatic heterocycles. The highest BCUT2D eigenvalue weighted by Crippen LogP contribution is 2.14. The van der Waals surface area contributed by atoms with E-state index < -0.39 is 0 Å². The summed E-state index contributed by atoms with van der Waals surface area (Å²) in [7, 11) is 0. The van der Waals surface area contributed by atoms with Gasteiger partial charge in [0.1, 0.15) is 6.29 Å². The van der Waals surface area contributed by atoms with Crippen molar-refractivity contribution in [1.29, 1.82) is 0 Å². The molecule has 0 saturated carbocycles. The van der Waals surface area contributed by atoms with E-state index in [9.17, 15) is 4.79 Å². The van der Waals surface area contributed by atoms with Crippen LogP contribution in [0.4, 0.5) is 5.69 Å². The van der Waals surface area contributed by atoms with Crippen LogP contribution in [0.5, 0.6) is 0 Å². The minimum atomic E-state index is 0.572. The monoisotopic (exact) mass is 204 g/mol. The van der Waals surface area contributed by atoms with E-state index in [4.69, 9.17) is 0 Å². The molecule has 0 atom stereocenters. The zero-order valence-corrected chi connectivity index (χ0v) is 8.80. The fourth-order valence-corrected chi connectivity index (χ4v) is 1.93. The Morgan fingerprint density at radius 3 is 2.33 bits per heavy atom. The summed E-state index contributed by atoms with van der Waals surface area (Å²) in [4.78, 5) is 14.9. The van der Waals surface area contributed by atoms with Gasteiger partial charge >= 0.3 is 0 Å². The first-order valence-electron chi connectivity index (χ1n) is 5.36. The van der Waals surface area contributed by atoms with Crippen molar-refractivity contribution < 1.29 is 4.79 Å². The van der Waals surface area contributed by atoms with Gasteiger partial charge in [-0.2, -0.15) is 0 Å². The molecule has 3 heteroatoms. The lowest BCUT2D eigenvalue weighted by Crippen LogP contribution is -2.46. The van der Waals surface area contributed by atoms with Crippen molar-refractivity contribution in [1.82, 2.24) is 4.90 Å². The van der Waals surface area contributed by atoms with Crippen molar-refractivity contribution in [3.8, 4) is 0 Å². The van der Waals surface area contributed by atoms with Crippen molar-refractivity contribution in [3.63, 3.8) is 0 Å². The lowest BCUT2D eigenvalue weighted by molar-refractivity contribution is -0.108. The predicted molar refractivity (Wildman–Crippen MR) is 61.2 cm³/mol. The molecule has 1 aromatic carbocycles. The predicted octanol–water partition coefficient (Wildman–Crippen LogP) is 1.01. The SMILES string of the molecule is O=CCN1CCN(c2ccccc2)CC1. The molecule has 0 unspecified atom stereocenters. The number of piperazine rings is 1. The molecule has 2 rings (SSSR count). The summed E-state index contributed by atoms with van der Waals surface area (Å²) in [6.07, 6.45) is 0.984. The maximum absolute atomic E-state index is 10.4. The number of para-hydroxylation sites is 1. The van der Waals surface area contributed by atoms with Gasteiger partial charge in [-0.05, 0) is 12.1 Å². The summed E-state index contributed by atoms with van der Waals surface area (Å²) in [6.45, 7) is 4.56. The Morgan fingerprint density at radius 1 is 1.07 bits per heavy atom. The van der Waals surface area contributed by atoms with Gasteiger partial charge in [-0.3, -0.25) is 4.90 Å². The first-order chi connectivity index (χ1) is 7.40. The van der Waals surface area contributed by atoms with E-state index in [-0.39, 0.29) is 0 Å². The van der Waals surface area contributed by atoms with Crippen LogP contribution in [-0.4, -0.2) is 43.9 Å². The van der Waals surface area contributed by atoms with Crippen LogP contribution in [0.3, 0.4) is 0 Å². The molecular weight excluding hydrogens is 188 g/mol. The molecule has 1 fully saturated rings. The number of nitrogens with zero attached hydrogens (tertiary/aromatic N) is 2. The second-order valence-corrected chi connectivity index (χ2v) is 3.79. The number of hydrogen-bond donors (Lipinski definition) is 0. The standard InChI is InChI=1S/C12H16N2O/c15-11-10-13-6-8-14(9-7-13)12-4-2-1-3-5-12/h1-5,11H,6-10H2. The Bertz CT molecular complexity index is 305. The lowest BCUT2D eigenvalue weighted by atomic mass is 10.2. The first kappa shape index (κ1) is 10.2. The number of carbonyl (C=O) groups is 1. The second-order valence-electron chi connectivity index (χ2n) is 3.79. The normalized spacial score (nSPS) is 17.7. The van der Waals surface area contributed by atoms with Crippen molar-refractivity contribution in [2.45, 2.75) is 0 Å². The van der Waals surface area contributed by atoms with E-state index in [2.05, 4.69) is 34.1 Å². The van der Waals surface area contributed by atoms with Crippen molar-refractivity contribution in [2.24, 2.45) is 0 Å². The minimum absolute atomic E-state index is 0.572. The van der Waals surface area contributed by atoms with Gasteiger partial charge in [-0.15, -0.1) is 0 Å². The fraction of sp³-hybridized carbons (Fsp3) is 0.417. The highest BCUT2D eigenvalue weighted by Gasteiger charge is 2.15. The molecule has 0 aromatic heterocycles. The van der Waals surface area contributed by atoms with E-state index in [1.165, 1.54) is 5.69 Å². The average Bonchev–Trinajstić information content (AvgIpc) is 2.32. The Hall–Kier alpha value is -1.35. The van der Waals surface area contributed by atoms with Gasteiger partial charge in [0.25, 0.3) is 0 Å². The molecule has 80 valence electrons. The number of hydrogen-bond acceptors (Lipinski definition) is 3. The van der Waals surface area contributed by atoms with Gasteiger partial charge in [-0.25, -0.2) is 0 Å². The largest absolute Gasteiger partial charge is 0.369 e. The molecule has 1 aliphatic rings. The summed E-state index contributed by atoms with van der Waals surface area (Å²) in [5.74, 6) is 0. The first-order valence-corrected chi connectivity index (χ1v) is 5.36. The van der Waals surface area contributed by atoms with Crippen LogP contribution in [0.1, 0.15) is 0 Å². The quantitative estimate of drug-likeness (QED) is 0.686. The molecule has 3 nitrogen and oxygen atoms in total. The highest BCUT2D eigenvalue weighted by atomic mass is 16.1. The Morgan fingerprint density at radius 2 is 1.73 bits per heavy atom. The van der Waals surface area contributed by atoms with E-state index in [1.807, 2.05) is 6.07 Å². The van der Waals surface area contributed by atoms with Crippen LogP contribution in [0.25, 0.3) is 0 Å². The molecule has 15 heavy (non-hydrogen) atoms. The smallest absolute Gasteiger partial charge is 0.133 e. The number of carbonyl (C=O) groups excluding carboxylic acids is 1. The van der Waals surface area contributed by atoms with E-state index >= 15 is 0 Å².